The number of rotatable bonds is 7. The van der Waals surface area contributed by atoms with E-state index in [1.807, 2.05) is 30.1 Å². The van der Waals surface area contributed by atoms with Crippen molar-refractivity contribution in [3.63, 3.8) is 0 Å². The molecule has 0 unspecified atom stereocenters. The van der Waals surface area contributed by atoms with Gasteiger partial charge >= 0.3 is 0 Å². The highest BCUT2D eigenvalue weighted by molar-refractivity contribution is 6.08. The van der Waals surface area contributed by atoms with Crippen molar-refractivity contribution >= 4 is 16.7 Å². The summed E-state index contributed by atoms with van der Waals surface area (Å²) in [5, 5.41) is 5.57. The lowest BCUT2D eigenvalue weighted by atomic mass is 9.91. The van der Waals surface area contributed by atoms with Gasteiger partial charge in [0.15, 0.2) is 0 Å². The predicted octanol–water partition coefficient (Wildman–Crippen LogP) is 5.60. The standard InChI is InChI=1S/C26H32N2O/c1-18(2)28(19(3)4)26(29)25-22(16-15-20-11-9-10-14-23(20)25)17-24(27-5)21-12-7-6-8-13-21/h6-16,18-19,24,27H,17H2,1-5H3/t24-/m0/s1. The van der Waals surface area contributed by atoms with Crippen LogP contribution in [0.1, 0.15) is 55.2 Å². The average molecular weight is 389 g/mol. The largest absolute Gasteiger partial charge is 0.334 e. The van der Waals surface area contributed by atoms with Crippen LogP contribution >= 0.6 is 0 Å². The molecule has 3 nitrogen and oxygen atoms in total. The lowest BCUT2D eigenvalue weighted by Crippen LogP contribution is -2.42. The van der Waals surface area contributed by atoms with Gasteiger partial charge in [-0.25, -0.2) is 0 Å². The van der Waals surface area contributed by atoms with E-state index in [4.69, 9.17) is 0 Å². The zero-order chi connectivity index (χ0) is 21.0. The van der Waals surface area contributed by atoms with Crippen LogP contribution in [0.25, 0.3) is 10.8 Å². The van der Waals surface area contributed by atoms with Crippen LogP contribution in [-0.2, 0) is 6.42 Å². The van der Waals surface area contributed by atoms with E-state index in [1.54, 1.807) is 0 Å². The maximum Gasteiger partial charge on any atom is 0.255 e. The summed E-state index contributed by atoms with van der Waals surface area (Å²) in [5.41, 5.74) is 3.15. The highest BCUT2D eigenvalue weighted by atomic mass is 16.2. The third-order valence-electron chi connectivity index (χ3n) is 5.55. The van der Waals surface area contributed by atoms with Gasteiger partial charge in [-0.15, -0.1) is 0 Å². The Hall–Kier alpha value is -2.65. The highest BCUT2D eigenvalue weighted by Gasteiger charge is 2.26. The minimum atomic E-state index is 0.115. The Bertz CT molecular complexity index is 955. The minimum absolute atomic E-state index is 0.115. The van der Waals surface area contributed by atoms with E-state index in [9.17, 15) is 4.79 Å². The quantitative estimate of drug-likeness (QED) is 0.571. The predicted molar refractivity (Wildman–Crippen MR) is 122 cm³/mol. The van der Waals surface area contributed by atoms with E-state index in [2.05, 4.69) is 81.5 Å². The molecule has 0 saturated carbocycles. The maximum atomic E-state index is 13.8. The SMILES string of the molecule is CN[C@@H](Cc1ccc2ccccc2c1C(=O)N(C(C)C)C(C)C)c1ccccc1. The third kappa shape index (κ3) is 4.51. The van der Waals surface area contributed by atoms with Crippen LogP contribution in [0.4, 0.5) is 0 Å². The van der Waals surface area contributed by atoms with E-state index < -0.39 is 0 Å². The molecule has 0 radical (unpaired) electrons. The molecular formula is C26H32N2O. The van der Waals surface area contributed by atoms with Crippen LogP contribution in [0.15, 0.2) is 66.7 Å². The summed E-state index contributed by atoms with van der Waals surface area (Å²) in [6.07, 6.45) is 0.760. The van der Waals surface area contributed by atoms with Crippen LogP contribution < -0.4 is 5.32 Å². The molecule has 29 heavy (non-hydrogen) atoms. The van der Waals surface area contributed by atoms with Crippen LogP contribution in [0, 0.1) is 0 Å². The molecule has 0 aromatic heterocycles. The Morgan fingerprint density at radius 3 is 2.10 bits per heavy atom. The molecule has 1 atom stereocenters. The van der Waals surface area contributed by atoms with Crippen molar-refractivity contribution in [3.05, 3.63) is 83.4 Å². The number of likely N-dealkylation sites (N-methyl/N-ethyl adjacent to an activating group) is 1. The second kappa shape index (κ2) is 9.23. The van der Waals surface area contributed by atoms with Gasteiger partial charge in [-0.3, -0.25) is 4.79 Å². The van der Waals surface area contributed by atoms with Crippen molar-refractivity contribution in [1.29, 1.82) is 0 Å². The number of nitrogens with zero attached hydrogens (tertiary/aromatic N) is 1. The first-order chi connectivity index (χ1) is 13.9. The first-order valence-corrected chi connectivity index (χ1v) is 10.5. The smallest absolute Gasteiger partial charge is 0.255 e. The number of fused-ring (bicyclic) bond motifs is 1. The van der Waals surface area contributed by atoms with Gasteiger partial charge in [0.1, 0.15) is 0 Å². The molecule has 3 rings (SSSR count). The summed E-state index contributed by atoms with van der Waals surface area (Å²) in [4.78, 5) is 15.8. The molecule has 0 saturated heterocycles. The average Bonchev–Trinajstić information content (AvgIpc) is 2.71. The van der Waals surface area contributed by atoms with Crippen molar-refractivity contribution in [1.82, 2.24) is 10.2 Å². The lowest BCUT2D eigenvalue weighted by Gasteiger charge is -2.32. The fourth-order valence-corrected chi connectivity index (χ4v) is 4.23. The van der Waals surface area contributed by atoms with Gasteiger partial charge in [-0.05, 0) is 63.1 Å². The van der Waals surface area contributed by atoms with Crippen molar-refractivity contribution in [2.24, 2.45) is 0 Å². The van der Waals surface area contributed by atoms with E-state index in [1.165, 1.54) is 5.56 Å². The van der Waals surface area contributed by atoms with Crippen molar-refractivity contribution in [3.8, 4) is 0 Å². The molecular weight excluding hydrogens is 356 g/mol. The third-order valence-corrected chi connectivity index (χ3v) is 5.55. The Kier molecular flexibility index (Phi) is 6.71. The molecule has 1 amide bonds. The van der Waals surface area contributed by atoms with E-state index in [0.717, 1.165) is 28.3 Å². The van der Waals surface area contributed by atoms with Gasteiger partial charge in [0.05, 0.1) is 5.56 Å². The molecule has 0 aliphatic rings. The topological polar surface area (TPSA) is 32.3 Å². The maximum absolute atomic E-state index is 13.8. The molecule has 0 fully saturated rings. The normalized spacial score (nSPS) is 12.5. The zero-order valence-electron chi connectivity index (χ0n) is 18.1. The molecule has 3 aromatic carbocycles. The number of benzene rings is 3. The summed E-state index contributed by atoms with van der Waals surface area (Å²) in [5.74, 6) is 0.115. The molecule has 1 N–H and O–H groups in total. The first-order valence-electron chi connectivity index (χ1n) is 10.5. The first kappa shape index (κ1) is 21.1. The number of carbonyl (C=O) groups is 1. The molecule has 152 valence electrons. The Labute approximate surface area is 174 Å². The van der Waals surface area contributed by atoms with Crippen LogP contribution in [0.2, 0.25) is 0 Å². The summed E-state index contributed by atoms with van der Waals surface area (Å²) < 4.78 is 0. The zero-order valence-corrected chi connectivity index (χ0v) is 18.1. The number of amides is 1. The Balaban J connectivity index is 2.12. The molecule has 3 heteroatoms. The van der Waals surface area contributed by atoms with Crippen LogP contribution in [-0.4, -0.2) is 29.9 Å². The Morgan fingerprint density at radius 1 is 0.862 bits per heavy atom. The van der Waals surface area contributed by atoms with Gasteiger partial charge in [0, 0.05) is 18.1 Å². The van der Waals surface area contributed by atoms with Crippen molar-refractivity contribution in [2.45, 2.75) is 52.2 Å². The second-order valence-electron chi connectivity index (χ2n) is 8.18. The van der Waals surface area contributed by atoms with Crippen molar-refractivity contribution in [2.75, 3.05) is 7.05 Å². The summed E-state index contributed by atoms with van der Waals surface area (Å²) in [6.45, 7) is 8.35. The fraction of sp³-hybridized carbons (Fsp3) is 0.346. The summed E-state index contributed by atoms with van der Waals surface area (Å²) >= 11 is 0. The number of carbonyl (C=O) groups excluding carboxylic acids is 1. The van der Waals surface area contributed by atoms with Gasteiger partial charge in [-0.2, -0.15) is 0 Å². The van der Waals surface area contributed by atoms with E-state index in [0.29, 0.717) is 0 Å². The summed E-state index contributed by atoms with van der Waals surface area (Å²) in [7, 11) is 1.98. The van der Waals surface area contributed by atoms with Crippen LogP contribution in [0.5, 0.6) is 0 Å². The number of nitrogens with one attached hydrogen (secondary N) is 1. The number of hydrogen-bond acceptors (Lipinski definition) is 2. The molecule has 0 aliphatic heterocycles. The van der Waals surface area contributed by atoms with Gasteiger partial charge in [-0.1, -0.05) is 66.7 Å². The van der Waals surface area contributed by atoms with Crippen molar-refractivity contribution < 1.29 is 4.79 Å². The fourth-order valence-electron chi connectivity index (χ4n) is 4.23. The van der Waals surface area contributed by atoms with Gasteiger partial charge in [0.2, 0.25) is 0 Å². The van der Waals surface area contributed by atoms with Gasteiger partial charge < -0.3 is 10.2 Å². The summed E-state index contributed by atoms with van der Waals surface area (Å²) in [6, 6.07) is 23.3. The van der Waals surface area contributed by atoms with E-state index in [-0.39, 0.29) is 24.0 Å². The Morgan fingerprint density at radius 2 is 1.48 bits per heavy atom. The molecule has 3 aromatic rings. The van der Waals surface area contributed by atoms with Crippen LogP contribution in [0.3, 0.4) is 0 Å². The molecule has 0 spiro atoms. The second-order valence-corrected chi connectivity index (χ2v) is 8.18. The molecule has 0 heterocycles. The van der Waals surface area contributed by atoms with E-state index >= 15 is 0 Å². The molecule has 0 bridgehead atoms. The monoisotopic (exact) mass is 388 g/mol. The van der Waals surface area contributed by atoms with Gasteiger partial charge in [0.25, 0.3) is 5.91 Å². The minimum Gasteiger partial charge on any atom is -0.334 e. The number of hydrogen-bond donors (Lipinski definition) is 1. The molecule has 0 aliphatic carbocycles. The highest BCUT2D eigenvalue weighted by Crippen LogP contribution is 2.29. The lowest BCUT2D eigenvalue weighted by molar-refractivity contribution is 0.0644.